The first kappa shape index (κ1) is 17.2. The Labute approximate surface area is 157 Å². The van der Waals surface area contributed by atoms with Gasteiger partial charge in [0.2, 0.25) is 0 Å². The molecule has 134 valence electrons. The Morgan fingerprint density at radius 1 is 1.07 bits per heavy atom. The van der Waals surface area contributed by atoms with Gasteiger partial charge in [0.25, 0.3) is 0 Å². The minimum atomic E-state index is -0.347. The van der Waals surface area contributed by atoms with Crippen molar-refractivity contribution in [3.63, 3.8) is 0 Å². The second kappa shape index (κ2) is 6.84. The molecule has 1 aliphatic carbocycles. The lowest BCUT2D eigenvalue weighted by atomic mass is 9.84. The third-order valence-electron chi connectivity index (χ3n) is 5.31. The van der Waals surface area contributed by atoms with Crippen LogP contribution in [-0.4, -0.2) is 11.3 Å². The van der Waals surface area contributed by atoms with E-state index in [1.165, 1.54) is 0 Å². The Balaban J connectivity index is 1.95. The average Bonchev–Trinajstić information content (AvgIpc) is 2.89. The van der Waals surface area contributed by atoms with Crippen molar-refractivity contribution in [2.24, 2.45) is 0 Å². The molecule has 1 aromatic heterocycles. The molecule has 0 fully saturated rings. The molecule has 0 saturated heterocycles. The second-order valence-corrected chi connectivity index (χ2v) is 7.04. The molecule has 1 N–H and O–H groups in total. The van der Waals surface area contributed by atoms with Crippen molar-refractivity contribution in [1.82, 2.24) is 4.98 Å². The molecule has 0 bridgehead atoms. The predicted molar refractivity (Wildman–Crippen MR) is 111 cm³/mol. The average molecular weight is 355 g/mol. The number of benzene rings is 2. The summed E-state index contributed by atoms with van der Waals surface area (Å²) in [6, 6.07) is 11.4. The first-order valence-corrected chi connectivity index (χ1v) is 9.14. The molecule has 1 unspecified atom stereocenters. The number of pyridine rings is 1. The Bertz CT molecular complexity index is 1210. The zero-order chi connectivity index (χ0) is 19.0. The topological polar surface area (TPSA) is 49.9 Å². The number of allylic oxidation sites excluding steroid dienone is 6. The number of aldehydes is 1. The van der Waals surface area contributed by atoms with Gasteiger partial charge in [0, 0.05) is 16.3 Å². The van der Waals surface area contributed by atoms with Gasteiger partial charge in [-0.2, -0.15) is 0 Å². The van der Waals surface area contributed by atoms with Crippen LogP contribution in [0.5, 0.6) is 0 Å². The van der Waals surface area contributed by atoms with Crippen LogP contribution in [0.25, 0.3) is 21.8 Å². The van der Waals surface area contributed by atoms with Crippen molar-refractivity contribution in [3.05, 3.63) is 93.2 Å². The normalized spacial score (nSPS) is 15.3. The highest BCUT2D eigenvalue weighted by atomic mass is 16.1. The van der Waals surface area contributed by atoms with Gasteiger partial charge in [-0.3, -0.25) is 4.79 Å². The second-order valence-electron chi connectivity index (χ2n) is 7.04. The zero-order valence-corrected chi connectivity index (χ0v) is 15.5. The molecular weight excluding hydrogens is 334 g/mol. The highest BCUT2D eigenvalue weighted by Gasteiger charge is 2.21. The molecule has 0 spiro atoms. The summed E-state index contributed by atoms with van der Waals surface area (Å²) in [6.45, 7) is 4.00. The van der Waals surface area contributed by atoms with Gasteiger partial charge in [-0.05, 0) is 66.8 Å². The number of H-pyrrole nitrogens is 1. The van der Waals surface area contributed by atoms with Gasteiger partial charge in [0.1, 0.15) is 6.29 Å². The lowest BCUT2D eigenvalue weighted by Gasteiger charge is -2.19. The van der Waals surface area contributed by atoms with Crippen molar-refractivity contribution in [2.45, 2.75) is 26.2 Å². The number of aryl methyl sites for hydroxylation is 1. The fourth-order valence-corrected chi connectivity index (χ4v) is 3.86. The highest BCUT2D eigenvalue weighted by Crippen LogP contribution is 2.33. The zero-order valence-electron chi connectivity index (χ0n) is 15.5. The molecule has 3 aromatic rings. The van der Waals surface area contributed by atoms with Crippen LogP contribution in [0.4, 0.5) is 0 Å². The molecule has 0 saturated carbocycles. The maximum atomic E-state index is 12.9. The van der Waals surface area contributed by atoms with E-state index in [2.05, 4.69) is 17.1 Å². The summed E-state index contributed by atoms with van der Waals surface area (Å²) in [4.78, 5) is 28.3. The molecule has 4 rings (SSSR count). The number of aromatic nitrogens is 1. The minimum Gasteiger partial charge on any atom is -0.354 e. The van der Waals surface area contributed by atoms with Crippen LogP contribution in [-0.2, 0) is 4.79 Å². The Morgan fingerprint density at radius 3 is 2.70 bits per heavy atom. The molecule has 2 aromatic carbocycles. The quantitative estimate of drug-likeness (QED) is 0.524. The van der Waals surface area contributed by atoms with Crippen molar-refractivity contribution in [3.8, 4) is 0 Å². The molecule has 0 amide bonds. The first-order chi connectivity index (χ1) is 13.1. The first-order valence-electron chi connectivity index (χ1n) is 9.14. The summed E-state index contributed by atoms with van der Waals surface area (Å²) in [5.74, 6) is -0.347. The standard InChI is InChI=1S/C24H21NO2/c1-15-8-4-3-5-9-17(15)21(14-26)19-13-23-20(12-16(19)2)24(27)18-10-6-7-11-22(18)25-23/h3-4,6-14,21H,5H2,1-2H3,(H,25,27). The third kappa shape index (κ3) is 2.95. The van der Waals surface area contributed by atoms with Crippen LogP contribution in [0.3, 0.4) is 0 Å². The summed E-state index contributed by atoms with van der Waals surface area (Å²) < 4.78 is 0. The highest BCUT2D eigenvalue weighted by molar-refractivity contribution is 5.93. The lowest BCUT2D eigenvalue weighted by Crippen LogP contribution is -2.10. The summed E-state index contributed by atoms with van der Waals surface area (Å²) in [6.07, 6.45) is 10.1. The van der Waals surface area contributed by atoms with Gasteiger partial charge in [0.15, 0.2) is 5.43 Å². The maximum absolute atomic E-state index is 12.9. The van der Waals surface area contributed by atoms with Gasteiger partial charge < -0.3 is 9.78 Å². The molecule has 1 heterocycles. The number of nitrogens with one attached hydrogen (secondary N) is 1. The van der Waals surface area contributed by atoms with Gasteiger partial charge in [0.05, 0.1) is 11.4 Å². The van der Waals surface area contributed by atoms with Crippen molar-refractivity contribution < 1.29 is 4.79 Å². The van der Waals surface area contributed by atoms with Crippen molar-refractivity contribution >= 4 is 28.1 Å². The van der Waals surface area contributed by atoms with Crippen LogP contribution >= 0.6 is 0 Å². The molecule has 3 heteroatoms. The fraction of sp³-hybridized carbons (Fsp3) is 0.167. The van der Waals surface area contributed by atoms with Crippen LogP contribution in [0.2, 0.25) is 0 Å². The van der Waals surface area contributed by atoms with Crippen LogP contribution < -0.4 is 5.43 Å². The molecular formula is C24H21NO2. The molecule has 1 aliphatic rings. The lowest BCUT2D eigenvalue weighted by molar-refractivity contribution is -0.108. The largest absolute Gasteiger partial charge is 0.354 e. The van der Waals surface area contributed by atoms with E-state index in [-0.39, 0.29) is 11.3 Å². The number of hydrogen-bond acceptors (Lipinski definition) is 2. The van der Waals surface area contributed by atoms with Crippen LogP contribution in [0.15, 0.2) is 76.6 Å². The third-order valence-corrected chi connectivity index (χ3v) is 5.31. The Kier molecular flexibility index (Phi) is 4.36. The molecule has 0 aliphatic heterocycles. The van der Waals surface area contributed by atoms with E-state index in [0.717, 1.165) is 46.0 Å². The fourth-order valence-electron chi connectivity index (χ4n) is 3.86. The number of para-hydroxylation sites is 1. The van der Waals surface area contributed by atoms with Gasteiger partial charge in [-0.25, -0.2) is 0 Å². The number of rotatable bonds is 3. The number of carbonyl (C=O) groups is 1. The van der Waals surface area contributed by atoms with Gasteiger partial charge in [-0.1, -0.05) is 36.4 Å². The minimum absolute atomic E-state index is 0.0191. The predicted octanol–water partition coefficient (Wildman–Crippen LogP) is 5.10. The monoisotopic (exact) mass is 355 g/mol. The van der Waals surface area contributed by atoms with Crippen LogP contribution in [0.1, 0.15) is 30.4 Å². The Morgan fingerprint density at radius 2 is 1.89 bits per heavy atom. The van der Waals surface area contributed by atoms with E-state index < -0.39 is 0 Å². The van der Waals surface area contributed by atoms with Crippen LogP contribution in [0, 0.1) is 6.92 Å². The van der Waals surface area contributed by atoms with E-state index in [0.29, 0.717) is 10.8 Å². The number of aromatic amines is 1. The number of carbonyl (C=O) groups excluding carboxylic acids is 1. The molecule has 0 radical (unpaired) electrons. The summed E-state index contributed by atoms with van der Waals surface area (Å²) in [7, 11) is 0. The Hall–Kier alpha value is -3.20. The molecule has 27 heavy (non-hydrogen) atoms. The van der Waals surface area contributed by atoms with Gasteiger partial charge in [-0.15, -0.1) is 0 Å². The molecule has 1 atom stereocenters. The van der Waals surface area contributed by atoms with Crippen molar-refractivity contribution in [2.75, 3.05) is 0 Å². The van der Waals surface area contributed by atoms with E-state index in [4.69, 9.17) is 0 Å². The van der Waals surface area contributed by atoms with E-state index in [1.54, 1.807) is 0 Å². The summed E-state index contributed by atoms with van der Waals surface area (Å²) in [5, 5.41) is 1.34. The maximum Gasteiger partial charge on any atom is 0.197 e. The van der Waals surface area contributed by atoms with Crippen molar-refractivity contribution in [1.29, 1.82) is 0 Å². The summed E-state index contributed by atoms with van der Waals surface area (Å²) >= 11 is 0. The molecule has 3 nitrogen and oxygen atoms in total. The summed E-state index contributed by atoms with van der Waals surface area (Å²) in [5.41, 5.74) is 5.59. The number of fused-ring (bicyclic) bond motifs is 2. The van der Waals surface area contributed by atoms with E-state index in [1.807, 2.05) is 62.4 Å². The SMILES string of the molecule is CC1=CC=CCC=C1C(C=O)c1cc2[nH]c3ccccc3c(=O)c2cc1C. The van der Waals surface area contributed by atoms with Gasteiger partial charge >= 0.3 is 0 Å². The van der Waals surface area contributed by atoms with E-state index >= 15 is 0 Å². The smallest absolute Gasteiger partial charge is 0.197 e. The number of hydrogen-bond donors (Lipinski definition) is 1. The van der Waals surface area contributed by atoms with E-state index in [9.17, 15) is 9.59 Å².